The second-order valence-corrected chi connectivity index (χ2v) is 6.59. The molecule has 1 heterocycles. The van der Waals surface area contributed by atoms with Crippen LogP contribution in [-0.2, 0) is 9.53 Å². The molecule has 1 aromatic rings. The van der Waals surface area contributed by atoms with Crippen LogP contribution in [-0.4, -0.2) is 52.4 Å². The van der Waals surface area contributed by atoms with E-state index in [4.69, 9.17) is 4.74 Å². The molecule has 0 fully saturated rings. The Labute approximate surface area is 158 Å². The van der Waals surface area contributed by atoms with E-state index >= 15 is 0 Å². The molecular formula is C20H25NO6. The van der Waals surface area contributed by atoms with Gasteiger partial charge in [-0.25, -0.2) is 4.79 Å². The van der Waals surface area contributed by atoms with Crippen LogP contribution in [0.15, 0.2) is 30.4 Å². The molecule has 1 aliphatic heterocycles. The predicted molar refractivity (Wildman–Crippen MR) is 102 cm³/mol. The number of rotatable bonds is 1. The average molecular weight is 375 g/mol. The molecule has 7 heteroatoms. The molecule has 1 aliphatic rings. The van der Waals surface area contributed by atoms with Gasteiger partial charge in [0.25, 0.3) is 0 Å². The van der Waals surface area contributed by atoms with Gasteiger partial charge in [0.1, 0.15) is 23.5 Å². The number of anilines is 1. The Kier molecular flexibility index (Phi) is 6.76. The van der Waals surface area contributed by atoms with Crippen LogP contribution in [0.2, 0.25) is 0 Å². The Bertz CT molecular complexity index is 770. The van der Waals surface area contributed by atoms with Gasteiger partial charge in [-0.2, -0.15) is 0 Å². The van der Waals surface area contributed by atoms with Crippen molar-refractivity contribution in [1.29, 1.82) is 0 Å². The van der Waals surface area contributed by atoms with Gasteiger partial charge >= 0.3 is 5.97 Å². The number of aliphatic hydroxyl groups excluding tert-OH is 2. The van der Waals surface area contributed by atoms with Gasteiger partial charge in [-0.05, 0) is 31.1 Å². The second kappa shape index (κ2) is 8.83. The summed E-state index contributed by atoms with van der Waals surface area (Å²) in [5, 5.41) is 33.2. The van der Waals surface area contributed by atoms with E-state index in [1.165, 1.54) is 30.4 Å². The smallest absolute Gasteiger partial charge is 0.342 e. The molecule has 2 rings (SSSR count). The largest absolute Gasteiger partial charge is 0.507 e. The molecule has 0 bridgehead atoms. The van der Waals surface area contributed by atoms with Gasteiger partial charge < -0.3 is 25.4 Å². The van der Waals surface area contributed by atoms with Gasteiger partial charge in [-0.1, -0.05) is 25.2 Å². The van der Waals surface area contributed by atoms with Gasteiger partial charge in [-0.15, -0.1) is 0 Å². The average Bonchev–Trinajstić information content (AvgIpc) is 2.63. The second-order valence-electron chi connectivity index (χ2n) is 6.59. The highest BCUT2D eigenvalue weighted by molar-refractivity contribution is 5.97. The van der Waals surface area contributed by atoms with Crippen LogP contribution in [0.4, 0.5) is 5.69 Å². The van der Waals surface area contributed by atoms with Crippen LogP contribution < -0.4 is 5.32 Å². The summed E-state index contributed by atoms with van der Waals surface area (Å²) in [5.41, 5.74) is 0.992. The lowest BCUT2D eigenvalue weighted by Gasteiger charge is -2.20. The lowest BCUT2D eigenvalue weighted by Crippen LogP contribution is -2.32. The van der Waals surface area contributed by atoms with Crippen molar-refractivity contribution in [2.45, 2.75) is 38.6 Å². The van der Waals surface area contributed by atoms with Crippen LogP contribution in [0.5, 0.6) is 5.75 Å². The molecule has 4 N–H and O–H groups in total. The van der Waals surface area contributed by atoms with E-state index in [1.54, 1.807) is 27.0 Å². The number of hydrogen-bond donors (Lipinski definition) is 4. The zero-order valence-corrected chi connectivity index (χ0v) is 15.5. The standard InChI is InChI=1S/C20H25NO6/c1-11-7-8-16(23)19(25)15(22)6-4-5-13-9-14(21-3)10-17(24)18(13)20(26)27-12(11)2/h4-5,7-12,15,19,21-22,24-25H,6H2,1-3H3/b5-4+,8-7-. The molecule has 0 saturated heterocycles. The predicted octanol–water partition coefficient (Wildman–Crippen LogP) is 1.88. The molecule has 27 heavy (non-hydrogen) atoms. The number of carbonyl (C=O) groups is 2. The zero-order valence-electron chi connectivity index (χ0n) is 15.5. The van der Waals surface area contributed by atoms with Crippen molar-refractivity contribution in [3.63, 3.8) is 0 Å². The van der Waals surface area contributed by atoms with E-state index in [2.05, 4.69) is 5.32 Å². The first-order valence-electron chi connectivity index (χ1n) is 8.75. The van der Waals surface area contributed by atoms with Crippen LogP contribution in [0.25, 0.3) is 6.08 Å². The van der Waals surface area contributed by atoms with Crippen LogP contribution >= 0.6 is 0 Å². The minimum Gasteiger partial charge on any atom is -0.507 e. The zero-order chi connectivity index (χ0) is 20.1. The Morgan fingerprint density at radius 3 is 2.52 bits per heavy atom. The van der Waals surface area contributed by atoms with E-state index in [1.807, 2.05) is 0 Å². The number of benzene rings is 1. The number of carbonyl (C=O) groups excluding carboxylic acids is 2. The maximum absolute atomic E-state index is 12.6. The molecule has 0 radical (unpaired) electrons. The number of phenolic OH excluding ortho intramolecular Hbond substituents is 1. The van der Waals surface area contributed by atoms with Crippen molar-refractivity contribution in [3.05, 3.63) is 41.5 Å². The number of aliphatic hydroxyl groups is 2. The molecule has 0 aliphatic carbocycles. The summed E-state index contributed by atoms with van der Waals surface area (Å²) in [4.78, 5) is 24.6. The Morgan fingerprint density at radius 2 is 1.85 bits per heavy atom. The van der Waals surface area contributed by atoms with Crippen molar-refractivity contribution < 1.29 is 29.6 Å². The lowest BCUT2D eigenvalue weighted by atomic mass is 9.99. The fraction of sp³-hybridized carbons (Fsp3) is 0.400. The van der Waals surface area contributed by atoms with Crippen LogP contribution in [0.3, 0.4) is 0 Å². The number of ketones is 1. The van der Waals surface area contributed by atoms with Crippen molar-refractivity contribution in [1.82, 2.24) is 0 Å². The lowest BCUT2D eigenvalue weighted by molar-refractivity contribution is -0.127. The maximum Gasteiger partial charge on any atom is 0.342 e. The maximum atomic E-state index is 12.6. The number of esters is 1. The Morgan fingerprint density at radius 1 is 1.15 bits per heavy atom. The first kappa shape index (κ1) is 20.7. The fourth-order valence-electron chi connectivity index (χ4n) is 2.64. The van der Waals surface area contributed by atoms with Crippen molar-refractivity contribution in [2.24, 2.45) is 5.92 Å². The summed E-state index contributed by atoms with van der Waals surface area (Å²) in [7, 11) is 1.67. The molecule has 1 aromatic carbocycles. The third-order valence-electron chi connectivity index (χ3n) is 4.57. The number of nitrogens with one attached hydrogen (secondary N) is 1. The van der Waals surface area contributed by atoms with E-state index < -0.39 is 30.1 Å². The highest BCUT2D eigenvalue weighted by Gasteiger charge is 2.25. The molecule has 146 valence electrons. The summed E-state index contributed by atoms with van der Waals surface area (Å²) < 4.78 is 5.44. The third kappa shape index (κ3) is 4.96. The topological polar surface area (TPSA) is 116 Å². The van der Waals surface area contributed by atoms with E-state index in [-0.39, 0.29) is 23.7 Å². The molecule has 0 spiro atoms. The molecule has 7 nitrogen and oxygen atoms in total. The van der Waals surface area contributed by atoms with Crippen molar-refractivity contribution in [3.8, 4) is 5.75 Å². The molecular weight excluding hydrogens is 350 g/mol. The molecule has 0 saturated carbocycles. The first-order chi connectivity index (χ1) is 12.7. The van der Waals surface area contributed by atoms with Gasteiger partial charge in [-0.3, -0.25) is 4.79 Å². The monoisotopic (exact) mass is 375 g/mol. The van der Waals surface area contributed by atoms with E-state index in [0.29, 0.717) is 11.3 Å². The summed E-state index contributed by atoms with van der Waals surface area (Å²) in [5.74, 6) is -1.85. The number of phenols is 1. The number of aromatic hydroxyl groups is 1. The van der Waals surface area contributed by atoms with Gasteiger partial charge in [0.2, 0.25) is 0 Å². The number of hydrogen-bond acceptors (Lipinski definition) is 7. The minimum absolute atomic E-state index is 0.00820. The Hall–Kier alpha value is -2.64. The highest BCUT2D eigenvalue weighted by atomic mass is 16.5. The summed E-state index contributed by atoms with van der Waals surface area (Å²) in [6, 6.07) is 3.07. The van der Waals surface area contributed by atoms with Crippen molar-refractivity contribution >= 4 is 23.5 Å². The summed E-state index contributed by atoms with van der Waals surface area (Å²) >= 11 is 0. The third-order valence-corrected chi connectivity index (χ3v) is 4.57. The quantitative estimate of drug-likeness (QED) is 0.554. The molecule has 0 amide bonds. The van der Waals surface area contributed by atoms with Gasteiger partial charge in [0, 0.05) is 24.7 Å². The van der Waals surface area contributed by atoms with Gasteiger partial charge in [0.15, 0.2) is 5.78 Å². The number of ether oxygens (including phenoxy) is 1. The minimum atomic E-state index is -1.55. The number of fused-ring (bicyclic) bond motifs is 1. The first-order valence-corrected chi connectivity index (χ1v) is 8.75. The van der Waals surface area contributed by atoms with E-state index in [0.717, 1.165) is 0 Å². The van der Waals surface area contributed by atoms with Crippen LogP contribution in [0, 0.1) is 5.92 Å². The van der Waals surface area contributed by atoms with Crippen molar-refractivity contribution in [2.75, 3.05) is 12.4 Å². The molecule has 4 unspecified atom stereocenters. The molecule has 4 atom stereocenters. The number of cyclic esters (lactones) is 1. The highest BCUT2D eigenvalue weighted by Crippen LogP contribution is 2.29. The summed E-state index contributed by atoms with van der Waals surface area (Å²) in [6.07, 6.45) is 2.34. The van der Waals surface area contributed by atoms with Gasteiger partial charge in [0.05, 0.1) is 6.10 Å². The Balaban J connectivity index is 2.50. The summed E-state index contributed by atoms with van der Waals surface area (Å²) in [6.45, 7) is 3.42. The van der Waals surface area contributed by atoms with E-state index in [9.17, 15) is 24.9 Å². The SMILES string of the molecule is CNc1cc(O)c2c(c1)/C=C/CC(O)C(O)C(=O)/C=C\C(C)C(C)OC2=O. The normalized spacial score (nSPS) is 29.2. The van der Waals surface area contributed by atoms with Crippen LogP contribution in [0.1, 0.15) is 36.2 Å². The molecule has 0 aromatic heterocycles. The fourth-order valence-corrected chi connectivity index (χ4v) is 2.64.